The van der Waals surface area contributed by atoms with Gasteiger partial charge in [0.15, 0.2) is 0 Å². The van der Waals surface area contributed by atoms with Crippen LogP contribution in [0.1, 0.15) is 50.3 Å². The molecule has 0 aliphatic rings. The van der Waals surface area contributed by atoms with E-state index in [0.29, 0.717) is 5.92 Å². The molecular formula is C44H46IrN2Si-2. The van der Waals surface area contributed by atoms with Crippen LogP contribution in [-0.2, 0) is 26.5 Å². The Morgan fingerprint density at radius 1 is 0.667 bits per heavy atom. The molecule has 2 nitrogen and oxygen atoms in total. The van der Waals surface area contributed by atoms with E-state index in [-0.39, 0.29) is 25.5 Å². The van der Waals surface area contributed by atoms with E-state index in [2.05, 4.69) is 168 Å². The first kappa shape index (κ1) is 36.9. The minimum Gasteiger partial charge on any atom is -0.305 e. The van der Waals surface area contributed by atoms with E-state index in [1.807, 2.05) is 30.6 Å². The van der Waals surface area contributed by atoms with E-state index in [4.69, 9.17) is 4.98 Å². The minimum atomic E-state index is -1.30. The van der Waals surface area contributed by atoms with Gasteiger partial charge in [-0.05, 0) is 46.0 Å². The molecule has 4 heteroatoms. The molecule has 0 spiro atoms. The quantitative estimate of drug-likeness (QED) is 0.118. The topological polar surface area (TPSA) is 25.8 Å². The average molecular weight is 823 g/mol. The molecule has 6 aromatic rings. The van der Waals surface area contributed by atoms with Crippen LogP contribution in [0.2, 0.25) is 19.6 Å². The molecule has 1 unspecified atom stereocenters. The summed E-state index contributed by atoms with van der Waals surface area (Å²) in [5.41, 5.74) is 10.7. The van der Waals surface area contributed by atoms with Crippen molar-refractivity contribution < 1.29 is 20.1 Å². The van der Waals surface area contributed by atoms with E-state index in [1.54, 1.807) is 0 Å². The molecule has 0 aliphatic carbocycles. The number of aromatic nitrogens is 2. The van der Waals surface area contributed by atoms with Crippen molar-refractivity contribution in [3.05, 3.63) is 163 Å². The van der Waals surface area contributed by atoms with Crippen molar-refractivity contribution in [1.29, 1.82) is 0 Å². The van der Waals surface area contributed by atoms with Crippen molar-refractivity contribution in [2.24, 2.45) is 5.41 Å². The zero-order valence-electron chi connectivity index (χ0n) is 29.2. The molecule has 1 atom stereocenters. The summed E-state index contributed by atoms with van der Waals surface area (Å²) < 4.78 is 0. The summed E-state index contributed by atoms with van der Waals surface area (Å²) in [6, 6.07) is 49.0. The van der Waals surface area contributed by atoms with Gasteiger partial charge in [0.25, 0.3) is 0 Å². The van der Waals surface area contributed by atoms with E-state index >= 15 is 0 Å². The van der Waals surface area contributed by atoms with Crippen molar-refractivity contribution >= 4 is 13.3 Å². The van der Waals surface area contributed by atoms with Gasteiger partial charge in [0.1, 0.15) is 0 Å². The summed E-state index contributed by atoms with van der Waals surface area (Å²) in [5, 5.41) is 1.39. The van der Waals surface area contributed by atoms with Crippen LogP contribution < -0.4 is 5.19 Å². The smallest absolute Gasteiger partial charge is 0.0795 e. The molecule has 0 saturated carbocycles. The van der Waals surface area contributed by atoms with Crippen molar-refractivity contribution in [3.63, 3.8) is 0 Å². The summed E-state index contributed by atoms with van der Waals surface area (Å²) in [5.74, 6) is 0.362. The largest absolute Gasteiger partial charge is 0.305 e. The van der Waals surface area contributed by atoms with Gasteiger partial charge < -0.3 is 9.97 Å². The van der Waals surface area contributed by atoms with Crippen LogP contribution in [0, 0.1) is 17.5 Å². The van der Waals surface area contributed by atoms with Gasteiger partial charge >= 0.3 is 0 Å². The number of pyridine rings is 2. The summed E-state index contributed by atoms with van der Waals surface area (Å²) in [6.45, 7) is 16.1. The van der Waals surface area contributed by atoms with Crippen molar-refractivity contribution in [2.75, 3.05) is 0 Å². The van der Waals surface area contributed by atoms with Gasteiger partial charge in [-0.1, -0.05) is 143 Å². The van der Waals surface area contributed by atoms with Crippen molar-refractivity contribution in [1.82, 2.24) is 9.97 Å². The Balaban J connectivity index is 0.000000212. The second-order valence-corrected chi connectivity index (χ2v) is 19.6. The van der Waals surface area contributed by atoms with Gasteiger partial charge in [-0.25, -0.2) is 0 Å². The van der Waals surface area contributed by atoms with E-state index in [9.17, 15) is 0 Å². The van der Waals surface area contributed by atoms with Gasteiger partial charge in [0, 0.05) is 32.5 Å². The van der Waals surface area contributed by atoms with Crippen LogP contribution >= 0.6 is 0 Å². The third-order valence-corrected chi connectivity index (χ3v) is 10.3. The van der Waals surface area contributed by atoms with Gasteiger partial charge in [0.05, 0.1) is 8.07 Å². The van der Waals surface area contributed by atoms with Gasteiger partial charge in [-0.2, -0.15) is 0 Å². The number of hydrogen-bond acceptors (Lipinski definition) is 2. The van der Waals surface area contributed by atoms with E-state index < -0.39 is 8.07 Å². The van der Waals surface area contributed by atoms with Gasteiger partial charge in [-0.3, -0.25) is 0 Å². The predicted molar refractivity (Wildman–Crippen MR) is 203 cm³/mol. The maximum absolute atomic E-state index is 4.69. The van der Waals surface area contributed by atoms with Crippen molar-refractivity contribution in [2.45, 2.75) is 59.7 Å². The zero-order valence-corrected chi connectivity index (χ0v) is 32.6. The molecule has 0 aliphatic heterocycles. The maximum Gasteiger partial charge on any atom is 0.0795 e. The molecule has 2 heterocycles. The number of rotatable bonds is 7. The molecule has 0 amide bonds. The summed E-state index contributed by atoms with van der Waals surface area (Å²) in [6.07, 6.45) is 4.99. The molecule has 0 N–H and O–H groups in total. The maximum atomic E-state index is 4.69. The average Bonchev–Trinajstić information content (AvgIpc) is 3.08. The Kier molecular flexibility index (Phi) is 12.6. The summed E-state index contributed by atoms with van der Waals surface area (Å²) in [7, 11) is -1.30. The second kappa shape index (κ2) is 16.4. The Labute approximate surface area is 303 Å². The molecule has 247 valence electrons. The Bertz CT molecular complexity index is 1860. The number of nitrogens with zero attached hydrogens (tertiary/aromatic N) is 2. The van der Waals surface area contributed by atoms with Crippen LogP contribution in [-0.4, -0.2) is 18.0 Å². The molecule has 0 fully saturated rings. The first-order valence-electron chi connectivity index (χ1n) is 16.5. The summed E-state index contributed by atoms with van der Waals surface area (Å²) in [4.78, 5) is 9.20. The first-order chi connectivity index (χ1) is 22.5. The SMILES string of the molecule is CC(C)(C)Cc1ccnc(-c2[c-]cc(-c3ccccc3)cc2)c1.CC(c1ccccc1)c1cc[c-]c(-c2ccc([Si](C)(C)C)cn2)c1.[Ir]. The van der Waals surface area contributed by atoms with Crippen LogP contribution in [0.4, 0.5) is 0 Å². The van der Waals surface area contributed by atoms with Crippen LogP contribution in [0.25, 0.3) is 33.6 Å². The molecule has 48 heavy (non-hydrogen) atoms. The third-order valence-electron chi connectivity index (χ3n) is 8.29. The van der Waals surface area contributed by atoms with E-state index in [0.717, 1.165) is 28.9 Å². The van der Waals surface area contributed by atoms with Crippen LogP contribution in [0.3, 0.4) is 0 Å². The fourth-order valence-electron chi connectivity index (χ4n) is 5.57. The van der Waals surface area contributed by atoms with Crippen LogP contribution in [0.15, 0.2) is 134 Å². The monoisotopic (exact) mass is 823 g/mol. The van der Waals surface area contributed by atoms with E-state index in [1.165, 1.54) is 33.0 Å². The van der Waals surface area contributed by atoms with Crippen molar-refractivity contribution in [3.8, 4) is 33.6 Å². The third kappa shape index (κ3) is 10.3. The summed E-state index contributed by atoms with van der Waals surface area (Å²) >= 11 is 0. The molecule has 4 aromatic carbocycles. The molecule has 0 bridgehead atoms. The standard InChI is InChI=1S/C22H24NSi.C22H22N.Ir/c1-17(18-9-6-5-7-10-18)19-11-8-12-20(15-19)22-14-13-21(16-23-22)24(2,3)4;1-22(2,3)16-17-13-14-23-21(15-17)20-11-9-19(10-12-20)18-7-5-4-6-8-18;/h5-11,13-17H,1-4H3;4-11,13-15H,16H2,1-3H3;/q2*-1;. The molecule has 1 radical (unpaired) electrons. The normalized spacial score (nSPS) is 11.9. The minimum absolute atomic E-state index is 0. The predicted octanol–water partition coefficient (Wildman–Crippen LogP) is 11.0. The number of hydrogen-bond donors (Lipinski definition) is 0. The molecular weight excluding hydrogens is 777 g/mol. The Morgan fingerprint density at radius 3 is 1.98 bits per heavy atom. The number of benzene rings is 4. The molecule has 6 rings (SSSR count). The Hall–Kier alpha value is -3.95. The fourth-order valence-corrected chi connectivity index (χ4v) is 6.61. The Morgan fingerprint density at radius 2 is 1.38 bits per heavy atom. The fraction of sp³-hybridized carbons (Fsp3) is 0.227. The van der Waals surface area contributed by atoms with Gasteiger partial charge in [0.2, 0.25) is 0 Å². The zero-order chi connectivity index (χ0) is 33.4. The molecule has 0 saturated heterocycles. The van der Waals surface area contributed by atoms with Crippen LogP contribution in [0.5, 0.6) is 0 Å². The molecule has 2 aromatic heterocycles. The van der Waals surface area contributed by atoms with Gasteiger partial charge in [-0.15, -0.1) is 65.2 Å². The second-order valence-electron chi connectivity index (χ2n) is 14.5. The first-order valence-corrected chi connectivity index (χ1v) is 20.0.